The number of amides is 2. The zero-order valence-corrected chi connectivity index (χ0v) is 34.9. The Bertz CT molecular complexity index is 1960. The third-order valence-electron chi connectivity index (χ3n) is 14.3. The fraction of sp³-hybridized carbons (Fsp3) is 0.628. The van der Waals surface area contributed by atoms with Crippen molar-refractivity contribution < 1.29 is 27.5 Å². The van der Waals surface area contributed by atoms with Crippen molar-refractivity contribution in [1.82, 2.24) is 19.4 Å². The number of rotatable bonds is 4. The van der Waals surface area contributed by atoms with Crippen LogP contribution in [0, 0.1) is 17.8 Å². The highest BCUT2D eigenvalue weighted by Crippen LogP contribution is 2.49. The summed E-state index contributed by atoms with van der Waals surface area (Å²) in [6, 6.07) is 12.0. The normalized spacial score (nSPS) is 33.2. The van der Waals surface area contributed by atoms with Gasteiger partial charge in [-0.15, -0.1) is 0 Å². The first kappa shape index (κ1) is 39.7. The lowest BCUT2D eigenvalue weighted by atomic mass is 9.63. The van der Waals surface area contributed by atoms with Gasteiger partial charge in [-0.3, -0.25) is 19.4 Å². The molecular formula is C43H58ClN5O6S. The number of anilines is 1. The number of carbonyl (C=O) groups is 2. The Hall–Kier alpha value is -3.16. The minimum Gasteiger partial charge on any atom is -0.490 e. The van der Waals surface area contributed by atoms with E-state index in [9.17, 15) is 18.0 Å². The molecule has 2 aliphatic carbocycles. The fourth-order valence-corrected chi connectivity index (χ4v) is 11.9. The van der Waals surface area contributed by atoms with E-state index < -0.39 is 26.8 Å². The van der Waals surface area contributed by atoms with Crippen LogP contribution in [-0.2, 0) is 31.4 Å². The smallest absolute Gasteiger partial charge is 0.264 e. The van der Waals surface area contributed by atoms with Crippen LogP contribution in [0.3, 0.4) is 0 Å². The fourth-order valence-electron chi connectivity index (χ4n) is 10.4. The Labute approximate surface area is 337 Å². The van der Waals surface area contributed by atoms with Gasteiger partial charge in [0.1, 0.15) is 11.4 Å². The van der Waals surface area contributed by atoms with Crippen LogP contribution in [0.25, 0.3) is 0 Å². The first-order chi connectivity index (χ1) is 26.8. The quantitative estimate of drug-likeness (QED) is 0.422. The van der Waals surface area contributed by atoms with Gasteiger partial charge in [-0.05, 0) is 105 Å². The Kier molecular flexibility index (Phi) is 11.0. The number of hydrogen-bond acceptors (Lipinski definition) is 9. The van der Waals surface area contributed by atoms with Crippen LogP contribution in [-0.4, -0.2) is 124 Å². The van der Waals surface area contributed by atoms with E-state index in [0.29, 0.717) is 42.8 Å². The van der Waals surface area contributed by atoms with Crippen molar-refractivity contribution in [2.45, 2.75) is 81.6 Å². The molecule has 0 radical (unpaired) electrons. The highest BCUT2D eigenvalue weighted by atomic mass is 35.5. The van der Waals surface area contributed by atoms with E-state index in [1.165, 1.54) is 11.1 Å². The zero-order chi connectivity index (χ0) is 39.4. The van der Waals surface area contributed by atoms with E-state index >= 15 is 0 Å². The molecule has 2 bridgehead atoms. The number of nitrogens with zero attached hydrogens (tertiary/aromatic N) is 4. The average Bonchev–Trinajstić information content (AvgIpc) is 3.28. The second-order valence-electron chi connectivity index (χ2n) is 17.6. The molecule has 304 valence electrons. The summed E-state index contributed by atoms with van der Waals surface area (Å²) in [5.41, 5.74) is 2.80. The number of ether oxygens (including phenoxy) is 2. The average molecular weight is 808 g/mol. The molecule has 2 saturated heterocycles. The lowest BCUT2D eigenvalue weighted by Crippen LogP contribution is -2.65. The summed E-state index contributed by atoms with van der Waals surface area (Å²) in [7, 11) is -2.14. The predicted octanol–water partition coefficient (Wildman–Crippen LogP) is 5.12. The number of nitrogens with one attached hydrogen (secondary N) is 1. The Morgan fingerprint density at radius 3 is 2.55 bits per heavy atom. The van der Waals surface area contributed by atoms with Gasteiger partial charge < -0.3 is 19.3 Å². The second-order valence-corrected chi connectivity index (χ2v) is 20.1. The molecular weight excluding hydrogens is 750 g/mol. The number of sulfonamides is 1. The summed E-state index contributed by atoms with van der Waals surface area (Å²) in [4.78, 5) is 34.9. The Morgan fingerprint density at radius 1 is 1.05 bits per heavy atom. The molecule has 4 heterocycles. The number of piperazine rings is 1. The summed E-state index contributed by atoms with van der Waals surface area (Å²) < 4.78 is 43.1. The van der Waals surface area contributed by atoms with Crippen molar-refractivity contribution in [3.05, 3.63) is 70.3 Å². The molecule has 11 nitrogen and oxygen atoms in total. The summed E-state index contributed by atoms with van der Waals surface area (Å²) in [6.07, 6.45) is 9.95. The highest BCUT2D eigenvalue weighted by molar-refractivity contribution is 7.90. The van der Waals surface area contributed by atoms with Gasteiger partial charge in [0.2, 0.25) is 15.9 Å². The first-order valence-electron chi connectivity index (χ1n) is 20.6. The maximum absolute atomic E-state index is 13.7. The van der Waals surface area contributed by atoms with Crippen LogP contribution in [0.2, 0.25) is 5.02 Å². The van der Waals surface area contributed by atoms with E-state index in [0.717, 1.165) is 95.2 Å². The van der Waals surface area contributed by atoms with Crippen LogP contribution < -0.4 is 14.4 Å². The lowest BCUT2D eigenvalue weighted by Gasteiger charge is -2.53. The highest BCUT2D eigenvalue weighted by Gasteiger charge is 2.50. The number of fused-ring (bicyclic) bond motifs is 4. The minimum atomic E-state index is -3.98. The monoisotopic (exact) mass is 807 g/mol. The topological polar surface area (TPSA) is 112 Å². The number of likely N-dealkylation sites (tertiary alicyclic amines) is 1. The third-order valence-corrected chi connectivity index (χ3v) is 16.5. The van der Waals surface area contributed by atoms with Crippen molar-refractivity contribution in [1.29, 1.82) is 0 Å². The Morgan fingerprint density at radius 2 is 1.84 bits per heavy atom. The minimum absolute atomic E-state index is 0.148. The van der Waals surface area contributed by atoms with Crippen molar-refractivity contribution >= 4 is 39.1 Å². The SMILES string of the molecule is CO[C@@]1(CN2CCN(C3CN(C(C)=O)C3)CC2)/C=C\C[C@H](C)[C@@H](C)S(=O)(=O)NC(=O)c2ccc3c(c2)N(C[C@@H]2CC[C@H]21)C[C@@]1(CCCc2cc(Cl)ccc21)CO3. The summed E-state index contributed by atoms with van der Waals surface area (Å²) in [5.74, 6) is 0.531. The van der Waals surface area contributed by atoms with Crippen LogP contribution in [0.4, 0.5) is 5.69 Å². The van der Waals surface area contributed by atoms with E-state index in [4.69, 9.17) is 21.1 Å². The van der Waals surface area contributed by atoms with Gasteiger partial charge in [0.15, 0.2) is 0 Å². The number of benzene rings is 2. The summed E-state index contributed by atoms with van der Waals surface area (Å²) in [5, 5.41) is -0.0559. The molecule has 1 spiro atoms. The standard InChI is InChI=1S/C43H58ClN5O6S/c1-29-7-5-16-43(54-4,27-46-17-19-47(20-18-46)36-24-48(25-36)31(3)50)38-12-9-34(38)23-49-26-42(15-6-8-32-21-35(44)11-13-37(32)42)28-55-40-14-10-33(22-39(40)49)41(51)45-56(52,53)30(29)2/h5,10-11,13-14,16,21-22,29-30,34,36,38H,6-9,12,15,17-20,23-28H2,1-4H3,(H,45,51)/b16-5-/t29-,30+,34-,38+,42-,43+/m0/s1. The molecule has 56 heavy (non-hydrogen) atoms. The van der Waals surface area contributed by atoms with Crippen molar-refractivity contribution in [3.8, 4) is 5.75 Å². The van der Waals surface area contributed by atoms with Crippen LogP contribution in [0.5, 0.6) is 5.75 Å². The van der Waals surface area contributed by atoms with Crippen molar-refractivity contribution in [2.75, 3.05) is 77.5 Å². The second kappa shape index (κ2) is 15.5. The van der Waals surface area contributed by atoms with Gasteiger partial charge in [-0.25, -0.2) is 13.1 Å². The number of halogens is 1. The number of carbonyl (C=O) groups excluding carboxylic acids is 2. The number of methoxy groups -OCH3 is 1. The molecule has 2 aromatic carbocycles. The largest absolute Gasteiger partial charge is 0.490 e. The van der Waals surface area contributed by atoms with Gasteiger partial charge in [0, 0.05) is 95.0 Å². The van der Waals surface area contributed by atoms with Gasteiger partial charge in [-0.2, -0.15) is 0 Å². The molecule has 3 fully saturated rings. The van der Waals surface area contributed by atoms with E-state index in [1.807, 2.05) is 37.1 Å². The zero-order valence-electron chi connectivity index (χ0n) is 33.3. The molecule has 4 aliphatic heterocycles. The van der Waals surface area contributed by atoms with Crippen LogP contribution in [0.15, 0.2) is 48.6 Å². The molecule has 6 aliphatic rings. The maximum Gasteiger partial charge on any atom is 0.264 e. The molecule has 0 aromatic heterocycles. The summed E-state index contributed by atoms with van der Waals surface area (Å²) >= 11 is 6.51. The van der Waals surface area contributed by atoms with Gasteiger partial charge in [-0.1, -0.05) is 36.7 Å². The molecule has 13 heteroatoms. The number of hydrogen-bond donors (Lipinski definition) is 1. The van der Waals surface area contributed by atoms with E-state index in [1.54, 1.807) is 19.9 Å². The molecule has 0 unspecified atom stereocenters. The third kappa shape index (κ3) is 7.49. The van der Waals surface area contributed by atoms with Crippen molar-refractivity contribution in [2.24, 2.45) is 17.8 Å². The van der Waals surface area contributed by atoms with Crippen molar-refractivity contribution in [3.63, 3.8) is 0 Å². The van der Waals surface area contributed by atoms with Gasteiger partial charge >= 0.3 is 0 Å². The Balaban J connectivity index is 1.13. The molecule has 2 amide bonds. The number of aryl methyl sites for hydroxylation is 1. The van der Waals surface area contributed by atoms with Gasteiger partial charge in [0.25, 0.3) is 5.91 Å². The summed E-state index contributed by atoms with van der Waals surface area (Å²) in [6.45, 7) is 13.3. The van der Waals surface area contributed by atoms with E-state index in [-0.39, 0.29) is 23.2 Å². The van der Waals surface area contributed by atoms with Gasteiger partial charge in [0.05, 0.1) is 17.5 Å². The molecule has 1 N–H and O–H groups in total. The molecule has 6 atom stereocenters. The molecule has 1 saturated carbocycles. The predicted molar refractivity (Wildman–Crippen MR) is 219 cm³/mol. The number of allylic oxidation sites excluding steroid dienone is 1. The van der Waals surface area contributed by atoms with Crippen LogP contribution in [0.1, 0.15) is 74.4 Å². The van der Waals surface area contributed by atoms with E-state index in [2.05, 4.69) is 43.7 Å². The first-order valence-corrected chi connectivity index (χ1v) is 22.5. The van der Waals surface area contributed by atoms with Crippen LogP contribution >= 0.6 is 11.6 Å². The molecule has 2 aromatic rings. The lowest BCUT2D eigenvalue weighted by molar-refractivity contribution is -0.137. The maximum atomic E-state index is 13.7. The molecule has 8 rings (SSSR count).